The van der Waals surface area contributed by atoms with Crippen LogP contribution in [0.4, 0.5) is 0 Å². The van der Waals surface area contributed by atoms with Crippen LogP contribution in [0.3, 0.4) is 0 Å². The van der Waals surface area contributed by atoms with E-state index in [2.05, 4.69) is 0 Å². The molecule has 2 heterocycles. The number of hydrogen-bond donors (Lipinski definition) is 1. The van der Waals surface area contributed by atoms with Gasteiger partial charge in [-0.2, -0.15) is 0 Å². The summed E-state index contributed by atoms with van der Waals surface area (Å²) >= 11 is 0. The first kappa shape index (κ1) is 15.3. The Morgan fingerprint density at radius 3 is 2.35 bits per heavy atom. The second-order valence-corrected chi connectivity index (χ2v) is 6.36. The van der Waals surface area contributed by atoms with Gasteiger partial charge in [0, 0.05) is 32.1 Å². The summed E-state index contributed by atoms with van der Waals surface area (Å²) in [5, 5.41) is 9.68. The number of amides is 2. The fraction of sp³-hybridized carbons (Fsp3) is 0.867. The molecule has 0 aromatic carbocycles. The summed E-state index contributed by atoms with van der Waals surface area (Å²) in [7, 11) is 0. The Morgan fingerprint density at radius 1 is 1.05 bits per heavy atom. The minimum atomic E-state index is -0.385. The predicted octanol–water partition coefficient (Wildman–Crippen LogP) is 0.864. The second kappa shape index (κ2) is 6.57. The molecule has 2 aliphatic heterocycles. The molecular weight excluding hydrogens is 256 g/mol. The maximum absolute atomic E-state index is 12.5. The maximum Gasteiger partial charge on any atom is 0.227 e. The molecule has 0 aliphatic carbocycles. The van der Waals surface area contributed by atoms with Crippen molar-refractivity contribution in [3.63, 3.8) is 0 Å². The molecule has 114 valence electrons. The van der Waals surface area contributed by atoms with Gasteiger partial charge in [0.15, 0.2) is 0 Å². The number of carbonyl (C=O) groups excluding carboxylic acids is 2. The van der Waals surface area contributed by atoms with Crippen LogP contribution in [-0.4, -0.2) is 59.0 Å². The van der Waals surface area contributed by atoms with E-state index in [1.165, 1.54) is 0 Å². The third-order valence-corrected chi connectivity index (χ3v) is 4.28. The van der Waals surface area contributed by atoms with E-state index in [-0.39, 0.29) is 29.8 Å². The average molecular weight is 282 g/mol. The SMILES string of the molecule is CC(C)C(=O)N1CCCC(C(=O)N2CCCC(O)C2)C1. The number of hydrogen-bond acceptors (Lipinski definition) is 3. The molecule has 0 bridgehead atoms. The van der Waals surface area contributed by atoms with Gasteiger partial charge in [0.2, 0.25) is 11.8 Å². The number of carbonyl (C=O) groups is 2. The first-order chi connectivity index (χ1) is 9.49. The van der Waals surface area contributed by atoms with E-state index in [0.29, 0.717) is 13.1 Å². The van der Waals surface area contributed by atoms with Gasteiger partial charge in [0.05, 0.1) is 12.0 Å². The Hall–Kier alpha value is -1.10. The van der Waals surface area contributed by atoms with Gasteiger partial charge in [-0.15, -0.1) is 0 Å². The van der Waals surface area contributed by atoms with Crippen LogP contribution in [0.25, 0.3) is 0 Å². The molecule has 0 aromatic heterocycles. The molecule has 2 atom stereocenters. The fourth-order valence-electron chi connectivity index (χ4n) is 3.16. The highest BCUT2D eigenvalue weighted by molar-refractivity contribution is 5.82. The minimum absolute atomic E-state index is 0.0133. The molecule has 0 saturated carbocycles. The minimum Gasteiger partial charge on any atom is -0.391 e. The molecule has 0 aromatic rings. The Morgan fingerprint density at radius 2 is 1.70 bits per heavy atom. The number of aliphatic hydroxyl groups excluding tert-OH is 1. The zero-order valence-electron chi connectivity index (χ0n) is 12.5. The van der Waals surface area contributed by atoms with Crippen molar-refractivity contribution in [2.75, 3.05) is 26.2 Å². The van der Waals surface area contributed by atoms with Crippen molar-refractivity contribution in [3.05, 3.63) is 0 Å². The summed E-state index contributed by atoms with van der Waals surface area (Å²) in [5.74, 6) is 0.156. The second-order valence-electron chi connectivity index (χ2n) is 6.36. The van der Waals surface area contributed by atoms with Gasteiger partial charge in [-0.25, -0.2) is 0 Å². The molecular formula is C15H26N2O3. The van der Waals surface area contributed by atoms with E-state index in [1.807, 2.05) is 18.7 Å². The van der Waals surface area contributed by atoms with Gasteiger partial charge >= 0.3 is 0 Å². The lowest BCUT2D eigenvalue weighted by atomic mass is 9.94. The van der Waals surface area contributed by atoms with Crippen LogP contribution in [0, 0.1) is 11.8 Å². The topological polar surface area (TPSA) is 60.9 Å². The molecule has 2 saturated heterocycles. The van der Waals surface area contributed by atoms with Crippen LogP contribution >= 0.6 is 0 Å². The third-order valence-electron chi connectivity index (χ3n) is 4.28. The van der Waals surface area contributed by atoms with Crippen LogP contribution in [0.5, 0.6) is 0 Å². The lowest BCUT2D eigenvalue weighted by Crippen LogP contribution is -2.50. The maximum atomic E-state index is 12.5. The number of aliphatic hydroxyl groups is 1. The van der Waals surface area contributed by atoms with Crippen LogP contribution in [-0.2, 0) is 9.59 Å². The number of likely N-dealkylation sites (tertiary alicyclic amines) is 2. The van der Waals surface area contributed by atoms with Crippen LogP contribution in [0.2, 0.25) is 0 Å². The Kier molecular flexibility index (Phi) is 5.02. The number of nitrogens with zero attached hydrogens (tertiary/aromatic N) is 2. The lowest BCUT2D eigenvalue weighted by Gasteiger charge is -2.37. The van der Waals surface area contributed by atoms with E-state index >= 15 is 0 Å². The third kappa shape index (κ3) is 3.51. The normalized spacial score (nSPS) is 27.8. The smallest absolute Gasteiger partial charge is 0.227 e. The molecule has 2 fully saturated rings. The molecule has 0 radical (unpaired) electrons. The van der Waals surface area contributed by atoms with Crippen molar-refractivity contribution in [1.82, 2.24) is 9.80 Å². The molecule has 0 spiro atoms. The van der Waals surface area contributed by atoms with Crippen LogP contribution in [0.1, 0.15) is 39.5 Å². The van der Waals surface area contributed by atoms with Crippen molar-refractivity contribution in [3.8, 4) is 0 Å². The zero-order chi connectivity index (χ0) is 14.7. The summed E-state index contributed by atoms with van der Waals surface area (Å²) in [6, 6.07) is 0. The molecule has 2 unspecified atom stereocenters. The fourth-order valence-corrected chi connectivity index (χ4v) is 3.16. The molecule has 1 N–H and O–H groups in total. The van der Waals surface area contributed by atoms with Gasteiger partial charge < -0.3 is 14.9 Å². The van der Waals surface area contributed by atoms with E-state index in [4.69, 9.17) is 0 Å². The first-order valence-corrected chi connectivity index (χ1v) is 7.74. The van der Waals surface area contributed by atoms with E-state index in [1.54, 1.807) is 4.90 Å². The monoisotopic (exact) mass is 282 g/mol. The Balaban J connectivity index is 1.94. The summed E-state index contributed by atoms with van der Waals surface area (Å²) in [6.07, 6.45) is 3.02. The van der Waals surface area contributed by atoms with Crippen LogP contribution in [0.15, 0.2) is 0 Å². The van der Waals surface area contributed by atoms with E-state index in [9.17, 15) is 14.7 Å². The first-order valence-electron chi connectivity index (χ1n) is 7.74. The lowest BCUT2D eigenvalue weighted by molar-refractivity contribution is -0.144. The Bertz CT molecular complexity index is 370. The number of rotatable bonds is 2. The van der Waals surface area contributed by atoms with Gasteiger partial charge in [-0.1, -0.05) is 13.8 Å². The van der Waals surface area contributed by atoms with Crippen molar-refractivity contribution >= 4 is 11.8 Å². The summed E-state index contributed by atoms with van der Waals surface area (Å²) in [5.41, 5.74) is 0. The number of piperidine rings is 2. The van der Waals surface area contributed by atoms with Gasteiger partial charge in [-0.3, -0.25) is 9.59 Å². The van der Waals surface area contributed by atoms with Crippen molar-refractivity contribution in [2.45, 2.75) is 45.6 Å². The molecule has 2 amide bonds. The molecule has 2 rings (SSSR count). The van der Waals surface area contributed by atoms with Gasteiger partial charge in [0.25, 0.3) is 0 Å². The van der Waals surface area contributed by atoms with Gasteiger partial charge in [-0.05, 0) is 25.7 Å². The molecule has 2 aliphatic rings. The highest BCUT2D eigenvalue weighted by Gasteiger charge is 2.33. The van der Waals surface area contributed by atoms with Crippen LogP contribution < -0.4 is 0 Å². The molecule has 5 heteroatoms. The summed E-state index contributed by atoms with van der Waals surface area (Å²) in [6.45, 7) is 6.30. The van der Waals surface area contributed by atoms with Crippen molar-refractivity contribution in [1.29, 1.82) is 0 Å². The standard InChI is InChI=1S/C15H26N2O3/c1-11(2)14(19)16-7-3-5-12(9-16)15(20)17-8-4-6-13(18)10-17/h11-13,18H,3-10H2,1-2H3. The van der Waals surface area contributed by atoms with Crippen molar-refractivity contribution in [2.24, 2.45) is 11.8 Å². The summed E-state index contributed by atoms with van der Waals surface area (Å²) < 4.78 is 0. The largest absolute Gasteiger partial charge is 0.391 e. The van der Waals surface area contributed by atoms with E-state index in [0.717, 1.165) is 38.8 Å². The highest BCUT2D eigenvalue weighted by atomic mass is 16.3. The highest BCUT2D eigenvalue weighted by Crippen LogP contribution is 2.22. The van der Waals surface area contributed by atoms with Gasteiger partial charge in [0.1, 0.15) is 0 Å². The summed E-state index contributed by atoms with van der Waals surface area (Å²) in [4.78, 5) is 28.2. The van der Waals surface area contributed by atoms with Crippen molar-refractivity contribution < 1.29 is 14.7 Å². The molecule has 5 nitrogen and oxygen atoms in total. The Labute approximate surface area is 120 Å². The zero-order valence-corrected chi connectivity index (χ0v) is 12.5. The quantitative estimate of drug-likeness (QED) is 0.817. The number of β-amino-alcohol motifs (C(OH)–C–C–N with tert-alkyl or cyclic N) is 1. The molecule has 20 heavy (non-hydrogen) atoms. The van der Waals surface area contributed by atoms with E-state index < -0.39 is 0 Å². The average Bonchev–Trinajstić information content (AvgIpc) is 2.45. The predicted molar refractivity (Wildman–Crippen MR) is 76.0 cm³/mol.